The molecule has 0 heterocycles. The summed E-state index contributed by atoms with van der Waals surface area (Å²) in [6.07, 6.45) is 86.6. The number of hydrogen-bond donors (Lipinski definition) is 0. The van der Waals surface area contributed by atoms with Gasteiger partial charge in [0.15, 0.2) is 6.10 Å². The minimum absolute atomic E-state index is 0.0877. The molecule has 0 saturated heterocycles. The van der Waals surface area contributed by atoms with Crippen LogP contribution in [-0.2, 0) is 28.6 Å². The van der Waals surface area contributed by atoms with E-state index in [1.54, 1.807) is 0 Å². The lowest BCUT2D eigenvalue weighted by Gasteiger charge is -2.18. The Bertz CT molecular complexity index is 1440. The second kappa shape index (κ2) is 66.4. The Labute approximate surface area is 484 Å². The average molecular weight is 1090 g/mol. The quantitative estimate of drug-likeness (QED) is 0.0261. The van der Waals surface area contributed by atoms with E-state index in [0.29, 0.717) is 19.3 Å². The van der Waals surface area contributed by atoms with Gasteiger partial charge < -0.3 is 14.2 Å². The number of unbranched alkanes of at least 4 members (excludes halogenated alkanes) is 39. The second-order valence-corrected chi connectivity index (χ2v) is 22.7. The largest absolute Gasteiger partial charge is 0.462 e. The van der Waals surface area contributed by atoms with Gasteiger partial charge in [-0.05, 0) is 89.9 Å². The first-order valence-corrected chi connectivity index (χ1v) is 33.9. The highest BCUT2D eigenvalue weighted by Gasteiger charge is 2.19. The summed E-state index contributed by atoms with van der Waals surface area (Å²) in [5, 5.41) is 0. The Morgan fingerprint density at radius 1 is 0.269 bits per heavy atom. The van der Waals surface area contributed by atoms with E-state index >= 15 is 0 Å². The van der Waals surface area contributed by atoms with Gasteiger partial charge in [-0.3, -0.25) is 14.4 Å². The molecular weight excluding hydrogens is 961 g/mol. The fourth-order valence-corrected chi connectivity index (χ4v) is 9.88. The highest BCUT2D eigenvalue weighted by Crippen LogP contribution is 2.18. The molecule has 0 aromatic heterocycles. The Morgan fingerprint density at radius 3 is 0.808 bits per heavy atom. The van der Waals surface area contributed by atoms with E-state index in [-0.39, 0.29) is 37.5 Å². The van der Waals surface area contributed by atoms with Crippen molar-refractivity contribution >= 4 is 17.9 Å². The first-order valence-electron chi connectivity index (χ1n) is 33.9. The van der Waals surface area contributed by atoms with Crippen LogP contribution in [0, 0.1) is 0 Å². The van der Waals surface area contributed by atoms with Crippen LogP contribution in [0.3, 0.4) is 0 Å². The van der Waals surface area contributed by atoms with Gasteiger partial charge in [-0.2, -0.15) is 0 Å². The molecule has 0 spiro atoms. The maximum atomic E-state index is 12.9. The lowest BCUT2D eigenvalue weighted by Crippen LogP contribution is -2.30. The highest BCUT2D eigenvalue weighted by molar-refractivity contribution is 5.71. The number of allylic oxidation sites excluding steroid dienone is 12. The summed E-state index contributed by atoms with van der Waals surface area (Å²) >= 11 is 0. The molecule has 0 bridgehead atoms. The SMILES string of the molecule is CC/C=C\C/C=C\C/C=C\C/C=C\CCCCC(=O)OC(COC(=O)CCCCCCCCCCCCCC)COC(=O)CCCCCCCCCCCCCCCCCCCCCCC/C=C\C/C=C\CCCCCCC. The molecule has 0 amide bonds. The van der Waals surface area contributed by atoms with Crippen molar-refractivity contribution < 1.29 is 28.6 Å². The van der Waals surface area contributed by atoms with Crippen LogP contribution in [0.1, 0.15) is 348 Å². The zero-order chi connectivity index (χ0) is 56.4. The number of hydrogen-bond acceptors (Lipinski definition) is 6. The van der Waals surface area contributed by atoms with Crippen molar-refractivity contribution in [1.29, 1.82) is 0 Å². The minimum Gasteiger partial charge on any atom is -0.462 e. The van der Waals surface area contributed by atoms with Crippen LogP contribution in [0.4, 0.5) is 0 Å². The van der Waals surface area contributed by atoms with Gasteiger partial charge in [0, 0.05) is 19.3 Å². The summed E-state index contributed by atoms with van der Waals surface area (Å²) in [6, 6.07) is 0. The van der Waals surface area contributed by atoms with E-state index in [1.165, 1.54) is 218 Å². The lowest BCUT2D eigenvalue weighted by molar-refractivity contribution is -0.167. The summed E-state index contributed by atoms with van der Waals surface area (Å²) in [4.78, 5) is 38.2. The monoisotopic (exact) mass is 1090 g/mol. The number of rotatable bonds is 62. The van der Waals surface area contributed by atoms with E-state index in [2.05, 4.69) is 93.7 Å². The minimum atomic E-state index is -0.794. The molecule has 0 saturated carbocycles. The van der Waals surface area contributed by atoms with Crippen molar-refractivity contribution in [3.05, 3.63) is 72.9 Å². The van der Waals surface area contributed by atoms with E-state index < -0.39 is 6.10 Å². The maximum absolute atomic E-state index is 12.9. The molecule has 0 aromatic carbocycles. The fraction of sp³-hybridized carbons (Fsp3) is 0.792. The van der Waals surface area contributed by atoms with Gasteiger partial charge in [0.25, 0.3) is 0 Å². The van der Waals surface area contributed by atoms with Crippen LogP contribution in [0.5, 0.6) is 0 Å². The summed E-state index contributed by atoms with van der Waals surface area (Å²) in [5.74, 6) is -0.913. The fourth-order valence-electron chi connectivity index (χ4n) is 9.88. The molecule has 6 heteroatoms. The maximum Gasteiger partial charge on any atom is 0.306 e. The van der Waals surface area contributed by atoms with E-state index in [1.807, 2.05) is 0 Å². The number of carbonyl (C=O) groups excluding carboxylic acids is 3. The third kappa shape index (κ3) is 63.7. The number of carbonyl (C=O) groups is 3. The molecule has 0 fully saturated rings. The average Bonchev–Trinajstić information content (AvgIpc) is 3.44. The molecule has 78 heavy (non-hydrogen) atoms. The Balaban J connectivity index is 4.11. The van der Waals surface area contributed by atoms with Crippen molar-refractivity contribution in [3.63, 3.8) is 0 Å². The molecule has 452 valence electrons. The van der Waals surface area contributed by atoms with Gasteiger partial charge in [0.2, 0.25) is 0 Å². The van der Waals surface area contributed by atoms with Gasteiger partial charge in [-0.25, -0.2) is 0 Å². The van der Waals surface area contributed by atoms with Crippen LogP contribution in [0.15, 0.2) is 72.9 Å². The Kier molecular flexibility index (Phi) is 63.7. The Morgan fingerprint density at radius 2 is 0.500 bits per heavy atom. The van der Waals surface area contributed by atoms with Crippen LogP contribution in [-0.4, -0.2) is 37.2 Å². The molecule has 0 aromatic rings. The van der Waals surface area contributed by atoms with Gasteiger partial charge >= 0.3 is 17.9 Å². The second-order valence-electron chi connectivity index (χ2n) is 22.7. The first-order chi connectivity index (χ1) is 38.5. The van der Waals surface area contributed by atoms with E-state index in [4.69, 9.17) is 14.2 Å². The van der Waals surface area contributed by atoms with Gasteiger partial charge in [0.05, 0.1) is 0 Å². The van der Waals surface area contributed by atoms with Crippen LogP contribution < -0.4 is 0 Å². The predicted octanol–water partition coefficient (Wildman–Crippen LogP) is 23.3. The molecule has 1 atom stereocenters. The molecule has 0 radical (unpaired) electrons. The molecular formula is C72H128O6. The lowest BCUT2D eigenvalue weighted by atomic mass is 10.0. The number of ether oxygens (including phenoxy) is 3. The van der Waals surface area contributed by atoms with Gasteiger partial charge in [-0.1, -0.05) is 312 Å². The first kappa shape index (κ1) is 74.8. The van der Waals surface area contributed by atoms with Crippen LogP contribution in [0.25, 0.3) is 0 Å². The summed E-state index contributed by atoms with van der Waals surface area (Å²) in [5.41, 5.74) is 0. The van der Waals surface area contributed by atoms with Crippen LogP contribution >= 0.6 is 0 Å². The Hall–Kier alpha value is -3.15. The predicted molar refractivity (Wildman–Crippen MR) is 339 cm³/mol. The molecule has 0 aliphatic heterocycles. The van der Waals surface area contributed by atoms with Crippen LogP contribution in [0.2, 0.25) is 0 Å². The van der Waals surface area contributed by atoms with Crippen molar-refractivity contribution in [2.75, 3.05) is 13.2 Å². The van der Waals surface area contributed by atoms with Crippen molar-refractivity contribution in [1.82, 2.24) is 0 Å². The highest BCUT2D eigenvalue weighted by atomic mass is 16.6. The molecule has 1 unspecified atom stereocenters. The number of esters is 3. The normalized spacial score (nSPS) is 12.5. The molecule has 0 N–H and O–H groups in total. The van der Waals surface area contributed by atoms with E-state index in [0.717, 1.165) is 83.5 Å². The zero-order valence-corrected chi connectivity index (χ0v) is 51.9. The molecule has 0 rings (SSSR count). The van der Waals surface area contributed by atoms with Crippen molar-refractivity contribution in [2.45, 2.75) is 354 Å². The molecule has 0 aliphatic carbocycles. The smallest absolute Gasteiger partial charge is 0.306 e. The van der Waals surface area contributed by atoms with Gasteiger partial charge in [0.1, 0.15) is 13.2 Å². The summed E-state index contributed by atoms with van der Waals surface area (Å²) in [6.45, 7) is 6.52. The van der Waals surface area contributed by atoms with Crippen molar-refractivity contribution in [2.24, 2.45) is 0 Å². The third-order valence-electron chi connectivity index (χ3n) is 14.9. The summed E-state index contributed by atoms with van der Waals surface area (Å²) in [7, 11) is 0. The van der Waals surface area contributed by atoms with Crippen molar-refractivity contribution in [3.8, 4) is 0 Å². The summed E-state index contributed by atoms with van der Waals surface area (Å²) < 4.78 is 16.9. The zero-order valence-electron chi connectivity index (χ0n) is 51.9. The van der Waals surface area contributed by atoms with Gasteiger partial charge in [-0.15, -0.1) is 0 Å². The molecule has 6 nitrogen and oxygen atoms in total. The topological polar surface area (TPSA) is 78.9 Å². The third-order valence-corrected chi connectivity index (χ3v) is 14.9. The molecule has 0 aliphatic rings. The standard InChI is InChI=1S/C72H128O6/c1-4-7-10-13-16-19-22-25-27-28-29-30-31-32-33-34-35-36-37-38-39-40-41-42-43-44-46-47-50-53-56-59-62-65-71(74)77-68-69(67-76-70(73)64-61-58-55-52-49-24-21-18-15-12-9-6-3)78-72(75)66-63-60-57-54-51-48-45-26-23-20-17-14-11-8-5-2/h8,11,17,20,22,25-26,28-29,45,51,54,69H,4-7,9-10,12-16,18-19,21,23-24,27,30-44,46-50,52-53,55-68H2,1-3H3/b11-8-,20-17-,25-22-,29-28-,45-26-,54-51-. The van der Waals surface area contributed by atoms with E-state index in [9.17, 15) is 14.4 Å².